The molecule has 1 amide bonds. The number of rotatable bonds is 2. The molecule has 0 fully saturated rings. The number of phenolic OH excluding ortho intramolecular Hbond substituents is 1. The predicted molar refractivity (Wildman–Crippen MR) is 72.2 cm³/mol. The highest BCUT2D eigenvalue weighted by Gasteiger charge is 2.13. The highest BCUT2D eigenvalue weighted by atomic mass is 35.5. The van der Waals surface area contributed by atoms with Crippen LogP contribution in [0.1, 0.15) is 15.9 Å². The molecule has 5 heteroatoms. The first-order chi connectivity index (χ1) is 8.99. The van der Waals surface area contributed by atoms with Gasteiger partial charge in [0.1, 0.15) is 11.6 Å². The minimum atomic E-state index is -0.595. The van der Waals surface area contributed by atoms with E-state index in [1.807, 2.05) is 0 Å². The van der Waals surface area contributed by atoms with E-state index >= 15 is 0 Å². The number of halogens is 2. The number of carbonyl (C=O) groups is 1. The largest absolute Gasteiger partial charge is 0.507 e. The summed E-state index contributed by atoms with van der Waals surface area (Å²) in [5.74, 6) is -1.47. The lowest BCUT2D eigenvalue weighted by Gasteiger charge is -2.10. The summed E-state index contributed by atoms with van der Waals surface area (Å²) in [6.07, 6.45) is 0. The van der Waals surface area contributed by atoms with Gasteiger partial charge in [-0.05, 0) is 42.8 Å². The lowest BCUT2D eigenvalue weighted by atomic mass is 10.1. The molecule has 0 bridgehead atoms. The van der Waals surface area contributed by atoms with Crippen LogP contribution in [0, 0.1) is 12.7 Å². The molecule has 0 aliphatic rings. The maximum Gasteiger partial charge on any atom is 0.259 e. The number of phenols is 1. The fourth-order valence-corrected chi connectivity index (χ4v) is 1.80. The Balaban J connectivity index is 2.31. The van der Waals surface area contributed by atoms with Crippen molar-refractivity contribution >= 4 is 23.2 Å². The highest BCUT2D eigenvalue weighted by molar-refractivity contribution is 6.31. The molecule has 0 saturated carbocycles. The second-order valence-electron chi connectivity index (χ2n) is 4.03. The van der Waals surface area contributed by atoms with Gasteiger partial charge in [0.05, 0.1) is 5.56 Å². The quantitative estimate of drug-likeness (QED) is 0.880. The fraction of sp³-hybridized carbons (Fsp3) is 0.0714. The van der Waals surface area contributed by atoms with Crippen LogP contribution in [-0.4, -0.2) is 11.0 Å². The van der Waals surface area contributed by atoms with Crippen molar-refractivity contribution in [2.75, 3.05) is 5.32 Å². The van der Waals surface area contributed by atoms with E-state index in [-0.39, 0.29) is 11.3 Å². The van der Waals surface area contributed by atoms with Crippen molar-refractivity contribution in [3.05, 3.63) is 58.4 Å². The fourth-order valence-electron chi connectivity index (χ4n) is 1.62. The Labute approximate surface area is 114 Å². The molecule has 0 aromatic heterocycles. The van der Waals surface area contributed by atoms with E-state index < -0.39 is 11.7 Å². The molecule has 2 N–H and O–H groups in total. The third kappa shape index (κ3) is 2.85. The van der Waals surface area contributed by atoms with E-state index in [2.05, 4.69) is 5.32 Å². The average Bonchev–Trinajstić information content (AvgIpc) is 2.38. The number of anilines is 1. The summed E-state index contributed by atoms with van der Waals surface area (Å²) in [5, 5.41) is 12.7. The zero-order valence-electron chi connectivity index (χ0n) is 10.1. The van der Waals surface area contributed by atoms with E-state index in [0.717, 1.165) is 18.2 Å². The van der Waals surface area contributed by atoms with Gasteiger partial charge in [-0.1, -0.05) is 17.7 Å². The lowest BCUT2D eigenvalue weighted by molar-refractivity contribution is 0.102. The second-order valence-corrected chi connectivity index (χ2v) is 4.44. The van der Waals surface area contributed by atoms with Crippen LogP contribution < -0.4 is 5.32 Å². The number of benzene rings is 2. The molecular weight excluding hydrogens is 269 g/mol. The van der Waals surface area contributed by atoms with Gasteiger partial charge in [0.2, 0.25) is 0 Å². The lowest BCUT2D eigenvalue weighted by Crippen LogP contribution is -2.13. The Bertz CT molecular complexity index is 643. The molecule has 2 rings (SSSR count). The second kappa shape index (κ2) is 5.28. The molecule has 0 atom stereocenters. The van der Waals surface area contributed by atoms with Crippen LogP contribution in [-0.2, 0) is 0 Å². The van der Waals surface area contributed by atoms with Crippen molar-refractivity contribution in [1.29, 1.82) is 0 Å². The number of carbonyl (C=O) groups excluding carboxylic acids is 1. The summed E-state index contributed by atoms with van der Waals surface area (Å²) in [7, 11) is 0. The Kier molecular flexibility index (Phi) is 3.71. The Morgan fingerprint density at radius 1 is 1.32 bits per heavy atom. The van der Waals surface area contributed by atoms with E-state index in [4.69, 9.17) is 11.6 Å². The van der Waals surface area contributed by atoms with Gasteiger partial charge in [0.15, 0.2) is 0 Å². The molecule has 2 aromatic rings. The summed E-state index contributed by atoms with van der Waals surface area (Å²) in [6.45, 7) is 1.75. The number of hydrogen-bond donors (Lipinski definition) is 2. The maximum absolute atomic E-state index is 13.1. The first-order valence-corrected chi connectivity index (χ1v) is 5.92. The summed E-state index contributed by atoms with van der Waals surface area (Å²) in [4.78, 5) is 12.0. The predicted octanol–water partition coefficient (Wildman–Crippen LogP) is 3.75. The standard InChI is InChI=1S/C14H11ClFNO2/c1-8-11(15)3-2-4-12(8)17-14(19)10-7-9(16)5-6-13(10)18/h2-7,18H,1H3,(H,17,19). The third-order valence-corrected chi connectivity index (χ3v) is 3.13. The molecule has 0 heterocycles. The van der Waals surface area contributed by atoms with Gasteiger partial charge in [-0.15, -0.1) is 0 Å². The van der Waals surface area contributed by atoms with E-state index in [0.29, 0.717) is 16.3 Å². The van der Waals surface area contributed by atoms with Crippen LogP contribution in [0.15, 0.2) is 36.4 Å². The van der Waals surface area contributed by atoms with Crippen LogP contribution in [0.3, 0.4) is 0 Å². The maximum atomic E-state index is 13.1. The van der Waals surface area contributed by atoms with Gasteiger partial charge in [-0.25, -0.2) is 4.39 Å². The van der Waals surface area contributed by atoms with Crippen LogP contribution in [0.25, 0.3) is 0 Å². The number of hydrogen-bond acceptors (Lipinski definition) is 2. The van der Waals surface area contributed by atoms with Crippen LogP contribution in [0.2, 0.25) is 5.02 Å². The van der Waals surface area contributed by atoms with Crippen LogP contribution >= 0.6 is 11.6 Å². The SMILES string of the molecule is Cc1c(Cl)cccc1NC(=O)c1cc(F)ccc1O. The van der Waals surface area contributed by atoms with Crippen LogP contribution in [0.4, 0.5) is 10.1 Å². The average molecular weight is 280 g/mol. The molecule has 3 nitrogen and oxygen atoms in total. The molecule has 0 unspecified atom stereocenters. The zero-order valence-corrected chi connectivity index (χ0v) is 10.8. The summed E-state index contributed by atoms with van der Waals surface area (Å²) >= 11 is 5.94. The van der Waals surface area contributed by atoms with E-state index in [1.54, 1.807) is 25.1 Å². The van der Waals surface area contributed by atoms with Crippen molar-refractivity contribution in [1.82, 2.24) is 0 Å². The molecule has 0 saturated heterocycles. The molecule has 2 aromatic carbocycles. The molecule has 0 radical (unpaired) electrons. The molecule has 0 spiro atoms. The highest BCUT2D eigenvalue weighted by Crippen LogP contribution is 2.25. The number of amides is 1. The van der Waals surface area contributed by atoms with Gasteiger partial charge in [0, 0.05) is 10.7 Å². The summed E-state index contributed by atoms with van der Waals surface area (Å²) < 4.78 is 13.1. The van der Waals surface area contributed by atoms with Gasteiger partial charge >= 0.3 is 0 Å². The van der Waals surface area contributed by atoms with Crippen molar-refractivity contribution in [3.63, 3.8) is 0 Å². The first kappa shape index (κ1) is 13.4. The molecular formula is C14H11ClFNO2. The molecule has 0 aliphatic heterocycles. The van der Waals surface area contributed by atoms with Crippen molar-refractivity contribution < 1.29 is 14.3 Å². The van der Waals surface area contributed by atoms with Crippen molar-refractivity contribution in [2.24, 2.45) is 0 Å². The number of nitrogens with one attached hydrogen (secondary N) is 1. The van der Waals surface area contributed by atoms with Gasteiger partial charge in [-0.3, -0.25) is 4.79 Å². The van der Waals surface area contributed by atoms with Crippen molar-refractivity contribution in [3.8, 4) is 5.75 Å². The Morgan fingerprint density at radius 2 is 2.05 bits per heavy atom. The topological polar surface area (TPSA) is 49.3 Å². The Hall–Kier alpha value is -2.07. The van der Waals surface area contributed by atoms with Gasteiger partial charge in [0.25, 0.3) is 5.91 Å². The third-order valence-electron chi connectivity index (χ3n) is 2.72. The van der Waals surface area contributed by atoms with E-state index in [1.165, 1.54) is 0 Å². The van der Waals surface area contributed by atoms with E-state index in [9.17, 15) is 14.3 Å². The van der Waals surface area contributed by atoms with Gasteiger partial charge < -0.3 is 10.4 Å². The smallest absolute Gasteiger partial charge is 0.259 e. The molecule has 19 heavy (non-hydrogen) atoms. The molecule has 0 aliphatic carbocycles. The minimum Gasteiger partial charge on any atom is -0.507 e. The normalized spacial score (nSPS) is 10.3. The first-order valence-electron chi connectivity index (χ1n) is 5.54. The zero-order chi connectivity index (χ0) is 14.0. The monoisotopic (exact) mass is 279 g/mol. The van der Waals surface area contributed by atoms with Crippen LogP contribution in [0.5, 0.6) is 5.75 Å². The summed E-state index contributed by atoms with van der Waals surface area (Å²) in [5.41, 5.74) is 1.09. The molecule has 98 valence electrons. The minimum absolute atomic E-state index is 0.126. The number of aromatic hydroxyl groups is 1. The summed E-state index contributed by atoms with van der Waals surface area (Å²) in [6, 6.07) is 8.26. The van der Waals surface area contributed by atoms with Gasteiger partial charge in [-0.2, -0.15) is 0 Å². The Morgan fingerprint density at radius 3 is 2.79 bits per heavy atom. The van der Waals surface area contributed by atoms with Crippen molar-refractivity contribution in [2.45, 2.75) is 6.92 Å².